The maximum atomic E-state index is 12.2. The van der Waals surface area contributed by atoms with Crippen LogP contribution in [0.5, 0.6) is 5.75 Å². The van der Waals surface area contributed by atoms with Gasteiger partial charge in [-0.05, 0) is 19.4 Å². The molecule has 1 heterocycles. The summed E-state index contributed by atoms with van der Waals surface area (Å²) in [5, 5.41) is 11.4. The molecule has 102 valence electrons. The highest BCUT2D eigenvalue weighted by Gasteiger charge is 2.28. The first-order valence-corrected chi connectivity index (χ1v) is 6.32. The number of carbonyl (C=O) groups excluding carboxylic acids is 1. The molecule has 0 aliphatic carbocycles. The molecule has 2 rings (SSSR count). The van der Waals surface area contributed by atoms with Gasteiger partial charge in [-0.2, -0.15) is 0 Å². The maximum Gasteiger partial charge on any atom is 0.305 e. The third-order valence-electron chi connectivity index (χ3n) is 3.14. The van der Waals surface area contributed by atoms with Gasteiger partial charge in [-0.3, -0.25) is 9.59 Å². The molecule has 0 saturated carbocycles. The summed E-state index contributed by atoms with van der Waals surface area (Å²) < 4.78 is 5.50. The third-order valence-corrected chi connectivity index (χ3v) is 3.14. The Hall–Kier alpha value is -2.04. The zero-order chi connectivity index (χ0) is 13.8. The van der Waals surface area contributed by atoms with Gasteiger partial charge in [-0.25, -0.2) is 0 Å². The number of para-hydroxylation sites is 1. The van der Waals surface area contributed by atoms with E-state index in [1.165, 1.54) is 0 Å². The van der Waals surface area contributed by atoms with Crippen molar-refractivity contribution < 1.29 is 19.4 Å². The van der Waals surface area contributed by atoms with Gasteiger partial charge in [0.2, 0.25) is 5.91 Å². The number of carboxylic acid groups (broad SMARTS) is 1. The summed E-state index contributed by atoms with van der Waals surface area (Å²) in [6.45, 7) is 2.19. The highest BCUT2D eigenvalue weighted by Crippen LogP contribution is 2.33. The number of ether oxygens (including phenoxy) is 1. The van der Waals surface area contributed by atoms with E-state index in [0.29, 0.717) is 13.0 Å². The van der Waals surface area contributed by atoms with Crippen molar-refractivity contribution in [1.29, 1.82) is 0 Å². The van der Waals surface area contributed by atoms with Crippen molar-refractivity contribution in [3.63, 3.8) is 0 Å². The second-order valence-electron chi connectivity index (χ2n) is 4.74. The molecule has 1 aromatic carbocycles. The van der Waals surface area contributed by atoms with Gasteiger partial charge in [0.05, 0.1) is 18.9 Å². The Morgan fingerprint density at radius 1 is 1.47 bits per heavy atom. The Bertz CT molecular complexity index is 486. The van der Waals surface area contributed by atoms with Gasteiger partial charge < -0.3 is 15.2 Å². The van der Waals surface area contributed by atoms with Crippen LogP contribution in [0.4, 0.5) is 0 Å². The smallest absolute Gasteiger partial charge is 0.305 e. The minimum Gasteiger partial charge on any atom is -0.493 e. The normalized spacial score (nSPS) is 18.9. The van der Waals surface area contributed by atoms with Crippen molar-refractivity contribution in [2.24, 2.45) is 0 Å². The Labute approximate surface area is 111 Å². The van der Waals surface area contributed by atoms with Crippen LogP contribution in [0, 0.1) is 0 Å². The number of benzene rings is 1. The van der Waals surface area contributed by atoms with Gasteiger partial charge in [-0.1, -0.05) is 18.2 Å². The number of carbonyl (C=O) groups is 2. The molecule has 1 aliphatic rings. The van der Waals surface area contributed by atoms with Crippen molar-refractivity contribution in [3.05, 3.63) is 29.8 Å². The molecule has 0 unspecified atom stereocenters. The average molecular weight is 263 g/mol. The summed E-state index contributed by atoms with van der Waals surface area (Å²) in [6, 6.07) is 7.08. The lowest BCUT2D eigenvalue weighted by atomic mass is 9.92. The molecule has 2 atom stereocenters. The van der Waals surface area contributed by atoms with Crippen LogP contribution in [0.15, 0.2) is 24.3 Å². The molecule has 1 amide bonds. The van der Waals surface area contributed by atoms with Crippen molar-refractivity contribution in [3.8, 4) is 5.75 Å². The number of hydrogen-bond acceptors (Lipinski definition) is 3. The van der Waals surface area contributed by atoms with Crippen LogP contribution in [0.25, 0.3) is 0 Å². The molecule has 0 radical (unpaired) electrons. The lowest BCUT2D eigenvalue weighted by Crippen LogP contribution is -2.39. The van der Waals surface area contributed by atoms with Gasteiger partial charge in [-0.15, -0.1) is 0 Å². The van der Waals surface area contributed by atoms with Gasteiger partial charge in [0.25, 0.3) is 0 Å². The quantitative estimate of drug-likeness (QED) is 0.863. The lowest BCUT2D eigenvalue weighted by Gasteiger charge is -2.26. The Balaban J connectivity index is 2.06. The lowest BCUT2D eigenvalue weighted by molar-refractivity contribution is -0.137. The topological polar surface area (TPSA) is 75.6 Å². The van der Waals surface area contributed by atoms with E-state index < -0.39 is 5.97 Å². The highest BCUT2D eigenvalue weighted by molar-refractivity contribution is 5.85. The molecule has 2 N–H and O–H groups in total. The molecule has 19 heavy (non-hydrogen) atoms. The number of nitrogens with one attached hydrogen (secondary N) is 1. The monoisotopic (exact) mass is 263 g/mol. The largest absolute Gasteiger partial charge is 0.493 e. The van der Waals surface area contributed by atoms with Crippen molar-refractivity contribution >= 4 is 11.9 Å². The zero-order valence-electron chi connectivity index (χ0n) is 10.8. The number of carboxylic acids is 1. The minimum atomic E-state index is -0.917. The molecule has 0 bridgehead atoms. The standard InChI is InChI=1S/C14H17NO4/c1-9(8-13(16)17)15-14(18)11-6-7-19-12-5-3-2-4-10(11)12/h2-5,9,11H,6-8H2,1H3,(H,15,18)(H,16,17)/t9-,11+/m0/s1. The summed E-state index contributed by atoms with van der Waals surface area (Å²) in [4.78, 5) is 22.8. The fourth-order valence-corrected chi connectivity index (χ4v) is 2.27. The molecular weight excluding hydrogens is 246 g/mol. The minimum absolute atomic E-state index is 0.0728. The molecule has 1 aromatic rings. The van der Waals surface area contributed by atoms with Crippen molar-refractivity contribution in [2.45, 2.75) is 31.7 Å². The molecular formula is C14H17NO4. The third kappa shape index (κ3) is 3.24. The van der Waals surface area contributed by atoms with E-state index in [1.807, 2.05) is 24.3 Å². The van der Waals surface area contributed by atoms with E-state index in [9.17, 15) is 9.59 Å². The zero-order valence-corrected chi connectivity index (χ0v) is 10.8. The van der Waals surface area contributed by atoms with E-state index in [1.54, 1.807) is 6.92 Å². The molecule has 1 aliphatic heterocycles. The number of aliphatic carboxylic acids is 1. The van der Waals surface area contributed by atoms with Crippen LogP contribution in [0.3, 0.4) is 0 Å². The second-order valence-corrected chi connectivity index (χ2v) is 4.74. The predicted octanol–water partition coefficient (Wildman–Crippen LogP) is 1.53. The van der Waals surface area contributed by atoms with E-state index in [4.69, 9.17) is 9.84 Å². The van der Waals surface area contributed by atoms with E-state index in [2.05, 4.69) is 5.32 Å². The molecule has 5 nitrogen and oxygen atoms in total. The van der Waals surface area contributed by atoms with Gasteiger partial charge in [0.1, 0.15) is 5.75 Å². The number of rotatable bonds is 4. The summed E-state index contributed by atoms with van der Waals surface area (Å²) in [7, 11) is 0. The number of amides is 1. The predicted molar refractivity (Wildman–Crippen MR) is 69.2 cm³/mol. The number of fused-ring (bicyclic) bond motifs is 1. The highest BCUT2D eigenvalue weighted by atomic mass is 16.5. The summed E-state index contributed by atoms with van der Waals surface area (Å²) in [6.07, 6.45) is 0.541. The fourth-order valence-electron chi connectivity index (χ4n) is 2.27. The van der Waals surface area contributed by atoms with Gasteiger partial charge in [0.15, 0.2) is 0 Å². The van der Waals surface area contributed by atoms with E-state index in [0.717, 1.165) is 11.3 Å². The van der Waals surface area contributed by atoms with Crippen LogP contribution in [-0.2, 0) is 9.59 Å². The molecule has 0 spiro atoms. The molecule has 0 aromatic heterocycles. The molecule has 0 fully saturated rings. The van der Waals surface area contributed by atoms with Crippen LogP contribution >= 0.6 is 0 Å². The average Bonchev–Trinajstić information content (AvgIpc) is 2.36. The number of hydrogen-bond donors (Lipinski definition) is 2. The first-order chi connectivity index (χ1) is 9.08. The van der Waals surface area contributed by atoms with Crippen LogP contribution in [0.2, 0.25) is 0 Å². The maximum absolute atomic E-state index is 12.2. The van der Waals surface area contributed by atoms with Crippen LogP contribution in [0.1, 0.15) is 31.2 Å². The molecule has 5 heteroatoms. The van der Waals surface area contributed by atoms with Crippen LogP contribution in [-0.4, -0.2) is 29.6 Å². The Morgan fingerprint density at radius 3 is 2.95 bits per heavy atom. The summed E-state index contributed by atoms with van der Waals surface area (Å²) in [5.74, 6) is -0.578. The summed E-state index contributed by atoms with van der Waals surface area (Å²) >= 11 is 0. The molecule has 0 saturated heterocycles. The first-order valence-electron chi connectivity index (χ1n) is 6.32. The fraction of sp³-hybridized carbons (Fsp3) is 0.429. The van der Waals surface area contributed by atoms with Crippen molar-refractivity contribution in [1.82, 2.24) is 5.32 Å². The second kappa shape index (κ2) is 5.73. The van der Waals surface area contributed by atoms with Crippen LogP contribution < -0.4 is 10.1 Å². The van der Waals surface area contributed by atoms with Gasteiger partial charge in [0, 0.05) is 11.6 Å². The van der Waals surface area contributed by atoms with Crippen molar-refractivity contribution in [2.75, 3.05) is 6.61 Å². The Morgan fingerprint density at radius 2 is 2.21 bits per heavy atom. The first kappa shape index (κ1) is 13.4. The SMILES string of the molecule is C[C@@H](CC(=O)O)NC(=O)[C@@H]1CCOc2ccccc21. The summed E-state index contributed by atoms with van der Waals surface area (Å²) in [5.41, 5.74) is 0.869. The van der Waals surface area contributed by atoms with E-state index >= 15 is 0 Å². The van der Waals surface area contributed by atoms with E-state index in [-0.39, 0.29) is 24.3 Å². The van der Waals surface area contributed by atoms with Gasteiger partial charge >= 0.3 is 5.97 Å². The Kier molecular flexibility index (Phi) is 4.04.